The van der Waals surface area contributed by atoms with E-state index in [0.29, 0.717) is 0 Å². The second-order valence-electron chi connectivity index (χ2n) is 6.12. The molecule has 1 aromatic carbocycles. The van der Waals surface area contributed by atoms with E-state index in [-0.39, 0.29) is 22.4 Å². The van der Waals surface area contributed by atoms with Crippen LogP contribution in [0.5, 0.6) is 0 Å². The average molecular weight is 396 g/mol. The zero-order chi connectivity index (χ0) is 20.5. The van der Waals surface area contributed by atoms with Crippen LogP contribution < -0.4 is 4.72 Å². The van der Waals surface area contributed by atoms with Crippen LogP contribution in [0.1, 0.15) is 46.2 Å². The quantitative estimate of drug-likeness (QED) is 0.683. The number of carboxylic acid groups (broad SMARTS) is 2. The number of halogens is 1. The summed E-state index contributed by atoms with van der Waals surface area (Å²) in [5, 5.41) is 19.3. The smallest absolute Gasteiger partial charge is 0.340 e. The van der Waals surface area contributed by atoms with Gasteiger partial charge in [-0.1, -0.05) is 26.0 Å². The number of aromatic carboxylic acids is 2. The van der Waals surface area contributed by atoms with Gasteiger partial charge in [-0.3, -0.25) is 4.72 Å². The Hall–Kier alpha value is -3.01. The maximum atomic E-state index is 13.3. The lowest BCUT2D eigenvalue weighted by atomic mass is 9.90. The number of anilines is 1. The summed E-state index contributed by atoms with van der Waals surface area (Å²) in [6.45, 7) is 3.27. The van der Waals surface area contributed by atoms with E-state index in [1.807, 2.05) is 4.72 Å². The lowest BCUT2D eigenvalue weighted by Gasteiger charge is -2.19. The Morgan fingerprint density at radius 2 is 1.59 bits per heavy atom. The van der Waals surface area contributed by atoms with Crippen LogP contribution in [-0.4, -0.2) is 41.8 Å². The second kappa shape index (κ2) is 7.31. The van der Waals surface area contributed by atoms with Crippen LogP contribution in [0.2, 0.25) is 0 Å². The molecular formula is C17H17FN2O6S. The molecule has 1 aromatic heterocycles. The Kier molecular flexibility index (Phi) is 5.50. The van der Waals surface area contributed by atoms with Crippen molar-refractivity contribution in [2.45, 2.75) is 19.8 Å². The first-order valence-electron chi connectivity index (χ1n) is 7.70. The minimum Gasteiger partial charge on any atom is -0.478 e. The molecule has 0 atom stereocenters. The van der Waals surface area contributed by atoms with Gasteiger partial charge in [0.15, 0.2) is 5.82 Å². The zero-order valence-electron chi connectivity index (χ0n) is 14.6. The Bertz CT molecular complexity index is 1020. The number of sulfonamides is 1. The molecule has 2 rings (SSSR count). The molecule has 0 spiro atoms. The van der Waals surface area contributed by atoms with Gasteiger partial charge >= 0.3 is 11.9 Å². The number of carboxylic acids is 2. The number of rotatable bonds is 6. The first kappa shape index (κ1) is 20.3. The lowest BCUT2D eigenvalue weighted by Crippen LogP contribution is -2.20. The van der Waals surface area contributed by atoms with Gasteiger partial charge in [0.25, 0.3) is 0 Å². The van der Waals surface area contributed by atoms with Gasteiger partial charge < -0.3 is 10.2 Å². The molecule has 2 aromatic rings. The summed E-state index contributed by atoms with van der Waals surface area (Å²) in [4.78, 5) is 27.8. The highest BCUT2D eigenvalue weighted by Gasteiger charge is 2.30. The van der Waals surface area contributed by atoms with Crippen molar-refractivity contribution < 1.29 is 32.6 Å². The largest absolute Gasteiger partial charge is 0.478 e. The number of pyridine rings is 1. The van der Waals surface area contributed by atoms with Crippen LogP contribution >= 0.6 is 0 Å². The molecule has 0 aliphatic rings. The molecule has 0 aliphatic heterocycles. The Morgan fingerprint density at radius 1 is 1.07 bits per heavy atom. The van der Waals surface area contributed by atoms with Gasteiger partial charge in [-0.2, -0.15) is 0 Å². The SMILES string of the molecule is CC(C)c1nc(NS(C)(=O)=O)c(C(=O)O)c(-c2ccc(F)cc2)c1C(=O)O. The Balaban J connectivity index is 3.05. The second-order valence-corrected chi connectivity index (χ2v) is 7.87. The van der Waals surface area contributed by atoms with Gasteiger partial charge in [-0.05, 0) is 23.6 Å². The zero-order valence-corrected chi connectivity index (χ0v) is 15.5. The molecule has 0 fully saturated rings. The average Bonchev–Trinajstić information content (AvgIpc) is 2.52. The maximum Gasteiger partial charge on any atom is 0.340 e. The number of hydrogen-bond donors (Lipinski definition) is 3. The first-order chi connectivity index (χ1) is 12.4. The van der Waals surface area contributed by atoms with Gasteiger partial charge in [-0.25, -0.2) is 27.4 Å². The molecule has 0 unspecified atom stereocenters. The van der Waals surface area contributed by atoms with Crippen LogP contribution in [0.25, 0.3) is 11.1 Å². The van der Waals surface area contributed by atoms with Crippen molar-refractivity contribution in [3.8, 4) is 11.1 Å². The lowest BCUT2D eigenvalue weighted by molar-refractivity contribution is 0.0695. The third-order valence-corrected chi connectivity index (χ3v) is 4.18. The van der Waals surface area contributed by atoms with Crippen LogP contribution in [0.15, 0.2) is 24.3 Å². The first-order valence-corrected chi connectivity index (χ1v) is 9.59. The van der Waals surface area contributed by atoms with E-state index in [1.165, 1.54) is 12.1 Å². The van der Waals surface area contributed by atoms with Crippen molar-refractivity contribution in [3.63, 3.8) is 0 Å². The number of benzene rings is 1. The van der Waals surface area contributed by atoms with Crippen LogP contribution in [0, 0.1) is 5.82 Å². The van der Waals surface area contributed by atoms with Crippen LogP contribution in [0.3, 0.4) is 0 Å². The summed E-state index contributed by atoms with van der Waals surface area (Å²) in [6.07, 6.45) is 0.817. The third kappa shape index (κ3) is 4.40. The van der Waals surface area contributed by atoms with E-state index >= 15 is 0 Å². The number of hydrogen-bond acceptors (Lipinski definition) is 5. The Labute approximate surface area is 154 Å². The molecule has 144 valence electrons. The normalized spacial score (nSPS) is 11.4. The van der Waals surface area contributed by atoms with E-state index < -0.39 is 45.1 Å². The standard InChI is InChI=1S/C17H17FN2O6S/c1-8(2)14-12(16(21)22)11(9-4-6-10(18)7-5-9)13(17(23)24)15(19-14)20-27(3,25)26/h4-8H,1-3H3,(H,19,20)(H,21,22)(H,23,24). The fourth-order valence-electron chi connectivity index (χ4n) is 2.60. The minimum atomic E-state index is -3.90. The predicted molar refractivity (Wildman–Crippen MR) is 96.1 cm³/mol. The maximum absolute atomic E-state index is 13.3. The van der Waals surface area contributed by atoms with Crippen molar-refractivity contribution in [1.29, 1.82) is 0 Å². The van der Waals surface area contributed by atoms with Gasteiger partial charge in [0.05, 0.1) is 17.5 Å². The van der Waals surface area contributed by atoms with Crippen LogP contribution in [0.4, 0.5) is 10.2 Å². The molecule has 3 N–H and O–H groups in total. The van der Waals surface area contributed by atoms with E-state index in [0.717, 1.165) is 18.4 Å². The summed E-state index contributed by atoms with van der Waals surface area (Å²) >= 11 is 0. The van der Waals surface area contributed by atoms with Crippen molar-refractivity contribution in [2.24, 2.45) is 0 Å². The minimum absolute atomic E-state index is 0.00187. The van der Waals surface area contributed by atoms with Gasteiger partial charge in [-0.15, -0.1) is 0 Å². The summed E-state index contributed by atoms with van der Waals surface area (Å²) in [6, 6.07) is 4.53. The molecule has 10 heteroatoms. The molecule has 0 saturated carbocycles. The van der Waals surface area contributed by atoms with E-state index in [2.05, 4.69) is 4.98 Å². The molecule has 0 bridgehead atoms. The van der Waals surface area contributed by atoms with Gasteiger partial charge in [0.1, 0.15) is 11.4 Å². The van der Waals surface area contributed by atoms with Crippen molar-refractivity contribution in [2.75, 3.05) is 11.0 Å². The highest BCUT2D eigenvalue weighted by Crippen LogP contribution is 2.36. The van der Waals surface area contributed by atoms with Crippen molar-refractivity contribution >= 4 is 27.8 Å². The summed E-state index contributed by atoms with van der Waals surface area (Å²) in [5.41, 5.74) is -1.16. The fourth-order valence-corrected chi connectivity index (χ4v) is 3.10. The van der Waals surface area contributed by atoms with E-state index in [1.54, 1.807) is 13.8 Å². The van der Waals surface area contributed by atoms with Crippen molar-refractivity contribution in [3.05, 3.63) is 46.9 Å². The van der Waals surface area contributed by atoms with E-state index in [4.69, 9.17) is 0 Å². The predicted octanol–water partition coefficient (Wildman–Crippen LogP) is 2.78. The monoisotopic (exact) mass is 396 g/mol. The number of nitrogens with zero attached hydrogens (tertiary/aromatic N) is 1. The van der Waals surface area contributed by atoms with Crippen LogP contribution in [-0.2, 0) is 10.0 Å². The summed E-state index contributed by atoms with van der Waals surface area (Å²) < 4.78 is 38.6. The topological polar surface area (TPSA) is 134 Å². The van der Waals surface area contributed by atoms with Gasteiger partial charge in [0, 0.05) is 5.56 Å². The third-order valence-electron chi connectivity index (χ3n) is 3.61. The molecular weight excluding hydrogens is 379 g/mol. The van der Waals surface area contributed by atoms with E-state index in [9.17, 15) is 32.6 Å². The number of aromatic nitrogens is 1. The van der Waals surface area contributed by atoms with Gasteiger partial charge in [0.2, 0.25) is 10.0 Å². The molecule has 0 radical (unpaired) electrons. The number of nitrogens with one attached hydrogen (secondary N) is 1. The summed E-state index contributed by atoms with van der Waals surface area (Å²) in [7, 11) is -3.90. The molecule has 0 aliphatic carbocycles. The molecule has 8 nitrogen and oxygen atoms in total. The molecule has 0 amide bonds. The highest BCUT2D eigenvalue weighted by atomic mass is 32.2. The Morgan fingerprint density at radius 3 is 2.00 bits per heavy atom. The van der Waals surface area contributed by atoms with Crippen molar-refractivity contribution in [1.82, 2.24) is 4.98 Å². The fraction of sp³-hybridized carbons (Fsp3) is 0.235. The molecule has 0 saturated heterocycles. The molecule has 1 heterocycles. The highest BCUT2D eigenvalue weighted by molar-refractivity contribution is 7.92. The summed E-state index contributed by atoms with van der Waals surface area (Å²) in [5.74, 6) is -4.57. The number of carbonyl (C=O) groups is 2. The molecule has 27 heavy (non-hydrogen) atoms.